The van der Waals surface area contributed by atoms with Gasteiger partial charge in [0.05, 0.1) is 12.5 Å². The number of aliphatic hydroxyl groups is 1. The minimum absolute atomic E-state index is 0.392. The van der Waals surface area contributed by atoms with Crippen molar-refractivity contribution in [3.05, 3.63) is 34.4 Å². The number of hydrogen-bond acceptors (Lipinski definition) is 1. The molecular formula is C12H15F3O. The molecule has 1 N–H and O–H groups in total. The molecule has 0 saturated carbocycles. The lowest BCUT2D eigenvalue weighted by Gasteiger charge is -2.18. The van der Waals surface area contributed by atoms with Crippen LogP contribution in [0.15, 0.2) is 12.1 Å². The molecule has 4 heteroatoms. The number of benzene rings is 1. The van der Waals surface area contributed by atoms with E-state index in [1.807, 2.05) is 6.92 Å². The van der Waals surface area contributed by atoms with E-state index < -0.39 is 18.7 Å². The average Bonchev–Trinajstić information content (AvgIpc) is 1.96. The second-order valence-electron chi connectivity index (χ2n) is 4.15. The standard InChI is InChI=1S/C12H15F3O/c1-7-4-8(2)11(9(3)5-7)10(16)6-12(13,14)15/h4-5,10,16H,6H2,1-3H3. The molecule has 1 nitrogen and oxygen atoms in total. The Morgan fingerprint density at radius 2 is 1.56 bits per heavy atom. The molecule has 0 saturated heterocycles. The summed E-state index contributed by atoms with van der Waals surface area (Å²) in [6.07, 6.45) is -7.01. The second-order valence-corrected chi connectivity index (χ2v) is 4.15. The summed E-state index contributed by atoms with van der Waals surface area (Å²) in [5, 5.41) is 9.59. The maximum Gasteiger partial charge on any atom is 0.391 e. The summed E-state index contributed by atoms with van der Waals surface area (Å²) in [7, 11) is 0. The third-order valence-corrected chi connectivity index (χ3v) is 2.50. The number of hydrogen-bond donors (Lipinski definition) is 1. The zero-order valence-electron chi connectivity index (χ0n) is 9.52. The largest absolute Gasteiger partial charge is 0.391 e. The van der Waals surface area contributed by atoms with Crippen molar-refractivity contribution in [1.29, 1.82) is 0 Å². The highest BCUT2D eigenvalue weighted by Gasteiger charge is 2.32. The van der Waals surface area contributed by atoms with E-state index in [4.69, 9.17) is 0 Å². The predicted octanol–water partition coefficient (Wildman–Crippen LogP) is 3.60. The van der Waals surface area contributed by atoms with Crippen LogP contribution in [0.1, 0.15) is 34.8 Å². The van der Waals surface area contributed by atoms with Gasteiger partial charge in [0.25, 0.3) is 0 Å². The Morgan fingerprint density at radius 1 is 1.12 bits per heavy atom. The molecule has 0 radical (unpaired) electrons. The van der Waals surface area contributed by atoms with E-state index in [0.29, 0.717) is 16.7 Å². The Hall–Kier alpha value is -1.03. The zero-order valence-corrected chi connectivity index (χ0v) is 9.52. The van der Waals surface area contributed by atoms with Gasteiger partial charge in [-0.2, -0.15) is 13.2 Å². The summed E-state index contributed by atoms with van der Waals surface area (Å²) in [4.78, 5) is 0. The van der Waals surface area contributed by atoms with Crippen molar-refractivity contribution in [3.63, 3.8) is 0 Å². The van der Waals surface area contributed by atoms with Gasteiger partial charge in [-0.3, -0.25) is 0 Å². The van der Waals surface area contributed by atoms with Crippen LogP contribution < -0.4 is 0 Å². The van der Waals surface area contributed by atoms with E-state index in [2.05, 4.69) is 0 Å². The van der Waals surface area contributed by atoms with Crippen molar-refractivity contribution in [3.8, 4) is 0 Å². The maximum absolute atomic E-state index is 12.2. The first-order valence-electron chi connectivity index (χ1n) is 5.03. The Labute approximate surface area is 92.9 Å². The molecule has 0 aliphatic rings. The number of rotatable bonds is 2. The van der Waals surface area contributed by atoms with Crippen molar-refractivity contribution in [2.75, 3.05) is 0 Å². The third-order valence-electron chi connectivity index (χ3n) is 2.50. The molecule has 1 atom stereocenters. The van der Waals surface area contributed by atoms with Crippen molar-refractivity contribution < 1.29 is 18.3 Å². The van der Waals surface area contributed by atoms with E-state index in [0.717, 1.165) is 5.56 Å². The lowest BCUT2D eigenvalue weighted by Crippen LogP contribution is -2.15. The van der Waals surface area contributed by atoms with Crippen molar-refractivity contribution in [1.82, 2.24) is 0 Å². The third kappa shape index (κ3) is 3.23. The number of halogens is 3. The lowest BCUT2D eigenvalue weighted by molar-refractivity contribution is -0.154. The first-order valence-corrected chi connectivity index (χ1v) is 5.03. The molecule has 0 heterocycles. The Bertz CT molecular complexity index is 359. The fourth-order valence-electron chi connectivity index (χ4n) is 2.04. The van der Waals surface area contributed by atoms with E-state index in [1.165, 1.54) is 0 Å². The zero-order chi connectivity index (χ0) is 12.5. The van der Waals surface area contributed by atoms with Crippen molar-refractivity contribution in [2.24, 2.45) is 0 Å². The van der Waals surface area contributed by atoms with Gasteiger partial charge in [0.15, 0.2) is 0 Å². The van der Waals surface area contributed by atoms with Crippen LogP contribution in [0, 0.1) is 20.8 Å². The summed E-state index contributed by atoms with van der Waals surface area (Å²) in [6, 6.07) is 3.56. The van der Waals surface area contributed by atoms with Gasteiger partial charge in [0, 0.05) is 0 Å². The van der Waals surface area contributed by atoms with Gasteiger partial charge >= 0.3 is 6.18 Å². The summed E-state index contributed by atoms with van der Waals surface area (Å²) in [5.74, 6) is 0. The average molecular weight is 232 g/mol. The van der Waals surface area contributed by atoms with Gasteiger partial charge in [-0.25, -0.2) is 0 Å². The highest BCUT2D eigenvalue weighted by Crippen LogP contribution is 2.32. The predicted molar refractivity (Wildman–Crippen MR) is 56.3 cm³/mol. The van der Waals surface area contributed by atoms with Crippen LogP contribution in [-0.2, 0) is 0 Å². The quantitative estimate of drug-likeness (QED) is 0.826. The lowest BCUT2D eigenvalue weighted by atomic mass is 9.94. The molecule has 1 aromatic rings. The van der Waals surface area contributed by atoms with E-state index in [-0.39, 0.29) is 0 Å². The molecule has 90 valence electrons. The topological polar surface area (TPSA) is 20.2 Å². The molecule has 1 aromatic carbocycles. The van der Waals surface area contributed by atoms with E-state index in [1.54, 1.807) is 26.0 Å². The van der Waals surface area contributed by atoms with E-state index >= 15 is 0 Å². The second kappa shape index (κ2) is 4.45. The molecule has 0 fully saturated rings. The highest BCUT2D eigenvalue weighted by atomic mass is 19.4. The van der Waals surface area contributed by atoms with Crippen LogP contribution in [0.5, 0.6) is 0 Å². The molecule has 0 aliphatic carbocycles. The van der Waals surface area contributed by atoms with Crippen LogP contribution in [0.2, 0.25) is 0 Å². The molecule has 0 spiro atoms. The number of aliphatic hydroxyl groups excluding tert-OH is 1. The molecule has 0 aliphatic heterocycles. The summed E-state index contributed by atoms with van der Waals surface area (Å²) in [6.45, 7) is 5.31. The van der Waals surface area contributed by atoms with Crippen LogP contribution in [0.25, 0.3) is 0 Å². The molecule has 0 amide bonds. The van der Waals surface area contributed by atoms with Gasteiger partial charge in [0.2, 0.25) is 0 Å². The van der Waals surface area contributed by atoms with Crippen molar-refractivity contribution in [2.45, 2.75) is 39.5 Å². The molecule has 0 bridgehead atoms. The highest BCUT2D eigenvalue weighted by molar-refractivity contribution is 5.38. The van der Waals surface area contributed by atoms with Gasteiger partial charge in [-0.05, 0) is 37.5 Å². The fraction of sp³-hybridized carbons (Fsp3) is 0.500. The van der Waals surface area contributed by atoms with Gasteiger partial charge < -0.3 is 5.11 Å². The first kappa shape index (κ1) is 13.0. The minimum atomic E-state index is -4.34. The summed E-state index contributed by atoms with van der Waals surface area (Å²) >= 11 is 0. The SMILES string of the molecule is Cc1cc(C)c(C(O)CC(F)(F)F)c(C)c1. The smallest absolute Gasteiger partial charge is 0.388 e. The first-order chi connectivity index (χ1) is 7.20. The van der Waals surface area contributed by atoms with Crippen LogP contribution in [0.3, 0.4) is 0 Å². The summed E-state index contributed by atoms with van der Waals surface area (Å²) in [5.41, 5.74) is 2.78. The van der Waals surface area contributed by atoms with Crippen LogP contribution >= 0.6 is 0 Å². The number of alkyl halides is 3. The monoisotopic (exact) mass is 232 g/mol. The van der Waals surface area contributed by atoms with Crippen molar-refractivity contribution >= 4 is 0 Å². The molecule has 1 rings (SSSR count). The van der Waals surface area contributed by atoms with Crippen LogP contribution in [0.4, 0.5) is 13.2 Å². The fourth-order valence-corrected chi connectivity index (χ4v) is 2.04. The molecular weight excluding hydrogens is 217 g/mol. The molecule has 0 aromatic heterocycles. The molecule has 16 heavy (non-hydrogen) atoms. The maximum atomic E-state index is 12.2. The van der Waals surface area contributed by atoms with Gasteiger partial charge in [-0.15, -0.1) is 0 Å². The van der Waals surface area contributed by atoms with E-state index in [9.17, 15) is 18.3 Å². The summed E-state index contributed by atoms with van der Waals surface area (Å²) < 4.78 is 36.5. The van der Waals surface area contributed by atoms with Gasteiger partial charge in [0.1, 0.15) is 0 Å². The van der Waals surface area contributed by atoms with Gasteiger partial charge in [-0.1, -0.05) is 17.7 Å². The Balaban J connectivity index is 3.04. The Kier molecular flexibility index (Phi) is 3.63. The molecule has 1 unspecified atom stereocenters. The normalized spacial score (nSPS) is 13.9. The minimum Gasteiger partial charge on any atom is -0.388 e. The van der Waals surface area contributed by atoms with Crippen LogP contribution in [-0.4, -0.2) is 11.3 Å². The number of aryl methyl sites for hydroxylation is 3. The Morgan fingerprint density at radius 3 is 1.94 bits per heavy atom.